The van der Waals surface area contributed by atoms with E-state index in [9.17, 15) is 0 Å². The van der Waals surface area contributed by atoms with Crippen LogP contribution in [-0.2, 0) is 0 Å². The number of aromatic nitrogens is 5. The summed E-state index contributed by atoms with van der Waals surface area (Å²) in [5.41, 5.74) is 3.79. The van der Waals surface area contributed by atoms with Gasteiger partial charge in [0.15, 0.2) is 23.1 Å². The van der Waals surface area contributed by atoms with Crippen LogP contribution in [0, 0.1) is 0 Å². The van der Waals surface area contributed by atoms with Crippen molar-refractivity contribution in [2.75, 3.05) is 0 Å². The first kappa shape index (κ1) is 19.8. The molecular formula is C44H27N5O. The summed E-state index contributed by atoms with van der Waals surface area (Å²) >= 11 is 0. The Morgan fingerprint density at radius 3 is 1.84 bits per heavy atom. The van der Waals surface area contributed by atoms with E-state index < -0.39 is 60.4 Å². The van der Waals surface area contributed by atoms with Gasteiger partial charge in [0.25, 0.3) is 0 Å². The van der Waals surface area contributed by atoms with Gasteiger partial charge in [0, 0.05) is 44.1 Å². The van der Waals surface area contributed by atoms with Crippen molar-refractivity contribution in [3.8, 4) is 51.3 Å². The monoisotopic (exact) mass is 651 g/mol. The lowest BCUT2D eigenvalue weighted by molar-refractivity contribution is 0.623. The predicted octanol–water partition coefficient (Wildman–Crippen LogP) is 10.9. The normalized spacial score (nSPS) is 14.4. The fourth-order valence-corrected chi connectivity index (χ4v) is 6.51. The largest absolute Gasteiger partial charge is 0.435 e. The van der Waals surface area contributed by atoms with Crippen LogP contribution in [0.1, 0.15) is 13.7 Å². The molecule has 0 saturated heterocycles. The zero-order chi connectivity index (χ0) is 41.7. The minimum atomic E-state index is -0.631. The summed E-state index contributed by atoms with van der Waals surface area (Å²) in [7, 11) is 0. The number of para-hydroxylation sites is 2. The quantitative estimate of drug-likeness (QED) is 0.185. The Morgan fingerprint density at radius 2 is 1.14 bits per heavy atom. The molecular weight excluding hydrogens is 615 g/mol. The van der Waals surface area contributed by atoms with Gasteiger partial charge in [-0.05, 0) is 47.9 Å². The molecule has 3 heterocycles. The number of benzene rings is 7. The van der Waals surface area contributed by atoms with Crippen molar-refractivity contribution in [2.45, 2.75) is 0 Å². The highest BCUT2D eigenvalue weighted by Gasteiger charge is 2.24. The smallest absolute Gasteiger partial charge is 0.227 e. The highest BCUT2D eigenvalue weighted by molar-refractivity contribution is 6.28. The molecule has 0 saturated carbocycles. The van der Waals surface area contributed by atoms with Crippen LogP contribution in [0.3, 0.4) is 0 Å². The second kappa shape index (κ2) is 11.4. The topological polar surface area (TPSA) is 69.6 Å². The van der Waals surface area contributed by atoms with Crippen LogP contribution in [0.4, 0.5) is 0 Å². The first-order valence-corrected chi connectivity index (χ1v) is 15.8. The van der Waals surface area contributed by atoms with E-state index in [2.05, 4.69) is 21.7 Å². The fraction of sp³-hybridized carbons (Fsp3) is 0. The summed E-state index contributed by atoms with van der Waals surface area (Å²) in [5, 5.41) is 3.30. The van der Waals surface area contributed by atoms with Crippen LogP contribution >= 0.6 is 0 Å². The fourth-order valence-electron chi connectivity index (χ4n) is 6.51. The molecule has 0 bridgehead atoms. The molecule has 0 atom stereocenters. The average molecular weight is 652 g/mol. The molecule has 0 amide bonds. The molecule has 10 aromatic rings. The molecule has 50 heavy (non-hydrogen) atoms. The van der Waals surface area contributed by atoms with Crippen molar-refractivity contribution in [3.05, 3.63) is 164 Å². The zero-order valence-corrected chi connectivity index (χ0v) is 26.0. The minimum absolute atomic E-state index is 0.111. The number of hydrogen-bond donors (Lipinski definition) is 0. The molecule has 0 radical (unpaired) electrons. The molecule has 3 aromatic heterocycles. The summed E-state index contributed by atoms with van der Waals surface area (Å²) in [6.45, 7) is 0. The number of fused-ring (bicyclic) bond motifs is 7. The molecule has 0 unspecified atom stereocenters. The van der Waals surface area contributed by atoms with Crippen molar-refractivity contribution in [1.82, 2.24) is 24.5 Å². The highest BCUT2D eigenvalue weighted by atomic mass is 16.3. The molecule has 7 aromatic carbocycles. The average Bonchev–Trinajstić information content (AvgIpc) is 3.87. The van der Waals surface area contributed by atoms with Crippen LogP contribution in [0.2, 0.25) is 0 Å². The maximum Gasteiger partial charge on any atom is 0.227 e. The lowest BCUT2D eigenvalue weighted by Crippen LogP contribution is -2.00. The Bertz CT molecular complexity index is 3300. The van der Waals surface area contributed by atoms with Crippen molar-refractivity contribution in [2.24, 2.45) is 0 Å². The third-order valence-electron chi connectivity index (χ3n) is 8.64. The predicted molar refractivity (Wildman–Crippen MR) is 201 cm³/mol. The van der Waals surface area contributed by atoms with E-state index in [1.54, 1.807) is 0 Å². The van der Waals surface area contributed by atoms with Crippen molar-refractivity contribution >= 4 is 43.7 Å². The third kappa shape index (κ3) is 4.50. The van der Waals surface area contributed by atoms with E-state index in [1.807, 2.05) is 91.0 Å². The second-order valence-corrected chi connectivity index (χ2v) is 11.5. The van der Waals surface area contributed by atoms with Gasteiger partial charge in [-0.1, -0.05) is 121 Å². The lowest BCUT2D eigenvalue weighted by atomic mass is 9.99. The molecule has 0 fully saturated rings. The first-order valence-electron chi connectivity index (χ1n) is 20.8. The molecule has 0 aliphatic rings. The van der Waals surface area contributed by atoms with Gasteiger partial charge in [0.05, 0.1) is 24.7 Å². The SMILES string of the molecule is [2H]c1c([2H])c([2H])c(-c2nc(-c3c([2H])c([2H])c([2H])c([2H])c3[2H])nc(-c3cc4ccc5c(c6ccccc6n5-c5ccccc5)c4c4oc(-c5ccccc5)nc34)n2)c([2H])c1[2H]. The highest BCUT2D eigenvalue weighted by Crippen LogP contribution is 2.43. The van der Waals surface area contributed by atoms with Crippen molar-refractivity contribution < 1.29 is 18.1 Å². The van der Waals surface area contributed by atoms with Gasteiger partial charge in [-0.25, -0.2) is 19.9 Å². The van der Waals surface area contributed by atoms with E-state index in [-0.39, 0.29) is 34.5 Å². The van der Waals surface area contributed by atoms with Gasteiger partial charge in [0.1, 0.15) is 5.52 Å². The van der Waals surface area contributed by atoms with E-state index in [0.29, 0.717) is 27.6 Å². The minimum Gasteiger partial charge on any atom is -0.435 e. The van der Waals surface area contributed by atoms with E-state index >= 15 is 0 Å². The Labute approximate surface area is 301 Å². The zero-order valence-electron chi connectivity index (χ0n) is 36.0. The van der Waals surface area contributed by atoms with Crippen LogP contribution in [0.15, 0.2) is 168 Å². The maximum absolute atomic E-state index is 8.79. The lowest BCUT2D eigenvalue weighted by Gasteiger charge is -2.11. The standard InChI is InChI=1S/C44H27N5O/c1-5-15-28(16-6-1)41-46-42(29-17-7-2-8-18-29)48-43(47-41)34-27-31-25-26-36-38(33-23-13-14-24-35(33)49(36)32-21-11-4-12-22-32)37(31)40-39(34)45-44(50-40)30-19-9-3-10-20-30/h1-27H/i1D,2D,5D,6D,7D,8D,15D,16D,17D,18D. The van der Waals surface area contributed by atoms with Gasteiger partial charge in [-0.15, -0.1) is 0 Å². The second-order valence-electron chi connectivity index (χ2n) is 11.5. The molecule has 234 valence electrons. The van der Waals surface area contributed by atoms with Gasteiger partial charge >= 0.3 is 0 Å². The number of oxazole rings is 1. The first-order chi connectivity index (χ1) is 28.9. The van der Waals surface area contributed by atoms with E-state index in [1.165, 1.54) is 0 Å². The number of rotatable bonds is 5. The van der Waals surface area contributed by atoms with Crippen LogP contribution in [0.5, 0.6) is 0 Å². The van der Waals surface area contributed by atoms with Crippen LogP contribution in [-0.4, -0.2) is 24.5 Å². The molecule has 0 spiro atoms. The van der Waals surface area contributed by atoms with Gasteiger partial charge in [-0.3, -0.25) is 0 Å². The molecule has 0 N–H and O–H groups in total. The Hall–Kier alpha value is -6.92. The number of nitrogens with zero attached hydrogens (tertiary/aromatic N) is 5. The Balaban J connectivity index is 1.35. The summed E-state index contributed by atoms with van der Waals surface area (Å²) in [4.78, 5) is 18.9. The van der Waals surface area contributed by atoms with Gasteiger partial charge < -0.3 is 8.98 Å². The summed E-state index contributed by atoms with van der Waals surface area (Å²) < 4.78 is 94.1. The van der Waals surface area contributed by atoms with Crippen molar-refractivity contribution in [1.29, 1.82) is 0 Å². The summed E-state index contributed by atoms with van der Waals surface area (Å²) in [6.07, 6.45) is 0. The van der Waals surface area contributed by atoms with Crippen LogP contribution < -0.4 is 0 Å². The third-order valence-corrected chi connectivity index (χ3v) is 8.64. The van der Waals surface area contributed by atoms with Crippen molar-refractivity contribution in [3.63, 3.8) is 0 Å². The molecule has 6 heteroatoms. The molecule has 6 nitrogen and oxygen atoms in total. The molecule has 0 aliphatic carbocycles. The molecule has 10 rings (SSSR count). The summed E-state index contributed by atoms with van der Waals surface area (Å²) in [5.74, 6) is -0.574. The Morgan fingerprint density at radius 1 is 0.520 bits per heavy atom. The van der Waals surface area contributed by atoms with Gasteiger partial charge in [-0.2, -0.15) is 0 Å². The maximum atomic E-state index is 8.79. The van der Waals surface area contributed by atoms with Gasteiger partial charge in [0.2, 0.25) is 5.89 Å². The van der Waals surface area contributed by atoms with Crippen LogP contribution in [0.25, 0.3) is 95.0 Å². The Kier molecular flexibility index (Phi) is 4.50. The van der Waals surface area contributed by atoms with E-state index in [4.69, 9.17) is 33.1 Å². The molecule has 0 aliphatic heterocycles. The van der Waals surface area contributed by atoms with E-state index in [0.717, 1.165) is 32.9 Å². The number of hydrogen-bond acceptors (Lipinski definition) is 5. The summed E-state index contributed by atoms with van der Waals surface area (Å²) in [6, 6.07) is 27.0.